The Kier molecular flexibility index (Phi) is 2.37. The first kappa shape index (κ1) is 10.4. The van der Waals surface area contributed by atoms with E-state index in [0.29, 0.717) is 6.04 Å². The minimum atomic E-state index is 0.284. The van der Waals surface area contributed by atoms with Gasteiger partial charge < -0.3 is 15.3 Å². The molecule has 0 spiro atoms. The molecule has 1 aliphatic heterocycles. The van der Waals surface area contributed by atoms with E-state index in [1.165, 1.54) is 0 Å². The first-order valence-corrected chi connectivity index (χ1v) is 5.77. The number of fused-ring (bicyclic) bond motifs is 1. The molecular weight excluding hydrogens is 214 g/mol. The lowest BCUT2D eigenvalue weighted by Crippen LogP contribution is -2.56. The second-order valence-corrected chi connectivity index (χ2v) is 4.46. The van der Waals surface area contributed by atoms with Gasteiger partial charge in [-0.1, -0.05) is 6.07 Å². The van der Waals surface area contributed by atoms with Crippen molar-refractivity contribution in [1.29, 1.82) is 0 Å². The van der Waals surface area contributed by atoms with Crippen LogP contribution in [0.25, 0.3) is 10.8 Å². The summed E-state index contributed by atoms with van der Waals surface area (Å²) in [4.78, 5) is 6.62. The summed E-state index contributed by atoms with van der Waals surface area (Å²) >= 11 is 0. The number of hydrogen-bond acceptors (Lipinski definition) is 4. The quantitative estimate of drug-likeness (QED) is 0.816. The van der Waals surface area contributed by atoms with Gasteiger partial charge >= 0.3 is 0 Å². The fraction of sp³-hybridized carbons (Fsp3) is 0.308. The number of pyridine rings is 1. The number of hydrogen-bond donors (Lipinski definition) is 2. The Bertz CT molecular complexity index is 551. The molecule has 2 aromatic rings. The van der Waals surface area contributed by atoms with Crippen molar-refractivity contribution < 1.29 is 5.11 Å². The topological polar surface area (TPSA) is 48.4 Å². The van der Waals surface area contributed by atoms with Gasteiger partial charge in [0.05, 0.1) is 6.04 Å². The van der Waals surface area contributed by atoms with Gasteiger partial charge in [-0.15, -0.1) is 0 Å². The molecule has 0 amide bonds. The number of benzene rings is 1. The molecule has 4 nitrogen and oxygen atoms in total. The van der Waals surface area contributed by atoms with Gasteiger partial charge in [-0.25, -0.2) is 4.98 Å². The summed E-state index contributed by atoms with van der Waals surface area (Å²) in [5.74, 6) is 1.22. The summed E-state index contributed by atoms with van der Waals surface area (Å²) in [5.41, 5.74) is 0. The van der Waals surface area contributed by atoms with Crippen LogP contribution in [0.1, 0.15) is 0 Å². The number of aromatic nitrogens is 1. The van der Waals surface area contributed by atoms with Crippen molar-refractivity contribution >= 4 is 16.6 Å². The zero-order valence-electron chi connectivity index (χ0n) is 9.72. The Morgan fingerprint density at radius 2 is 2.18 bits per heavy atom. The minimum absolute atomic E-state index is 0.284. The molecule has 0 atom stereocenters. The number of aromatic hydroxyl groups is 1. The van der Waals surface area contributed by atoms with Gasteiger partial charge in [0.25, 0.3) is 0 Å². The Morgan fingerprint density at radius 3 is 2.88 bits per heavy atom. The lowest BCUT2D eigenvalue weighted by atomic mass is 10.1. The van der Waals surface area contributed by atoms with E-state index in [9.17, 15) is 5.11 Å². The Labute approximate surface area is 99.9 Å². The molecule has 1 aromatic carbocycles. The predicted molar refractivity (Wildman–Crippen MR) is 68.5 cm³/mol. The normalized spacial score (nSPS) is 15.8. The highest BCUT2D eigenvalue weighted by Gasteiger charge is 2.23. The molecule has 0 bridgehead atoms. The van der Waals surface area contributed by atoms with E-state index in [1.807, 2.05) is 18.3 Å². The molecule has 1 aromatic heterocycles. The summed E-state index contributed by atoms with van der Waals surface area (Å²) in [5, 5.41) is 14.9. The van der Waals surface area contributed by atoms with Gasteiger partial charge in [0.15, 0.2) is 0 Å². The van der Waals surface area contributed by atoms with Crippen molar-refractivity contribution in [3.63, 3.8) is 0 Å². The monoisotopic (exact) mass is 229 g/mol. The zero-order valence-corrected chi connectivity index (χ0v) is 9.72. The van der Waals surface area contributed by atoms with Crippen LogP contribution < -0.4 is 10.2 Å². The lowest BCUT2D eigenvalue weighted by molar-refractivity contribution is 0.427. The number of anilines is 1. The standard InChI is InChI=1S/C13H15N3O/c1-16(10-7-14-8-10)13-12-6-11(17)3-2-9(12)4-5-15-13/h2-6,10,14,17H,7-8H2,1H3. The van der Waals surface area contributed by atoms with Crippen LogP contribution in [-0.2, 0) is 0 Å². The van der Waals surface area contributed by atoms with Crippen LogP contribution in [0.4, 0.5) is 5.82 Å². The van der Waals surface area contributed by atoms with Gasteiger partial charge in [0, 0.05) is 31.7 Å². The minimum Gasteiger partial charge on any atom is -0.508 e. The van der Waals surface area contributed by atoms with Crippen LogP contribution in [0.5, 0.6) is 5.75 Å². The van der Waals surface area contributed by atoms with Crippen molar-refractivity contribution in [2.45, 2.75) is 6.04 Å². The van der Waals surface area contributed by atoms with Crippen molar-refractivity contribution in [2.75, 3.05) is 25.0 Å². The Hall–Kier alpha value is -1.81. The van der Waals surface area contributed by atoms with Crippen molar-refractivity contribution in [2.24, 2.45) is 0 Å². The summed E-state index contributed by atoms with van der Waals surface area (Å²) in [6.07, 6.45) is 1.82. The maximum absolute atomic E-state index is 9.59. The molecule has 0 unspecified atom stereocenters. The fourth-order valence-corrected chi connectivity index (χ4v) is 2.14. The first-order valence-electron chi connectivity index (χ1n) is 5.77. The van der Waals surface area contributed by atoms with Crippen LogP contribution in [0.2, 0.25) is 0 Å². The lowest BCUT2D eigenvalue weighted by Gasteiger charge is -2.36. The molecule has 88 valence electrons. The molecule has 1 aliphatic rings. The molecule has 3 rings (SSSR count). The average Bonchev–Trinajstić information content (AvgIpc) is 2.25. The van der Waals surface area contributed by atoms with E-state index in [-0.39, 0.29) is 5.75 Å². The number of likely N-dealkylation sites (N-methyl/N-ethyl adjacent to an activating group) is 1. The second kappa shape index (κ2) is 3.89. The predicted octanol–water partition coefficient (Wildman–Crippen LogP) is 1.35. The number of phenols is 1. The van der Waals surface area contributed by atoms with Gasteiger partial charge in [-0.2, -0.15) is 0 Å². The molecular formula is C13H15N3O. The summed E-state index contributed by atoms with van der Waals surface area (Å²) in [7, 11) is 2.05. The largest absolute Gasteiger partial charge is 0.508 e. The molecule has 17 heavy (non-hydrogen) atoms. The van der Waals surface area contributed by atoms with Crippen LogP contribution in [0.15, 0.2) is 30.5 Å². The average molecular weight is 229 g/mol. The number of nitrogens with one attached hydrogen (secondary N) is 1. The summed E-state index contributed by atoms with van der Waals surface area (Å²) < 4.78 is 0. The fourth-order valence-electron chi connectivity index (χ4n) is 2.14. The van der Waals surface area contributed by atoms with Crippen LogP contribution in [-0.4, -0.2) is 36.3 Å². The highest BCUT2D eigenvalue weighted by atomic mass is 16.3. The molecule has 0 radical (unpaired) electrons. The van der Waals surface area contributed by atoms with E-state index in [2.05, 4.69) is 22.2 Å². The van der Waals surface area contributed by atoms with Gasteiger partial charge in [0.2, 0.25) is 0 Å². The SMILES string of the molecule is CN(c1nccc2ccc(O)cc12)C1CNC1. The van der Waals surface area contributed by atoms with E-state index >= 15 is 0 Å². The number of phenolic OH excluding ortho intramolecular Hbond substituents is 1. The molecule has 1 fully saturated rings. The number of rotatable bonds is 2. The van der Waals surface area contributed by atoms with Crippen LogP contribution in [0.3, 0.4) is 0 Å². The third-order valence-corrected chi connectivity index (χ3v) is 3.37. The smallest absolute Gasteiger partial charge is 0.136 e. The molecule has 4 heteroatoms. The van der Waals surface area contributed by atoms with E-state index in [1.54, 1.807) is 12.1 Å². The molecule has 2 heterocycles. The highest BCUT2D eigenvalue weighted by molar-refractivity contribution is 5.93. The number of nitrogens with zero attached hydrogens (tertiary/aromatic N) is 2. The summed E-state index contributed by atoms with van der Waals surface area (Å²) in [6, 6.07) is 7.86. The van der Waals surface area contributed by atoms with Gasteiger partial charge in [-0.3, -0.25) is 0 Å². The van der Waals surface area contributed by atoms with Crippen molar-refractivity contribution in [3.8, 4) is 5.75 Å². The third kappa shape index (κ3) is 1.70. The second-order valence-electron chi connectivity index (χ2n) is 4.46. The van der Waals surface area contributed by atoms with Crippen LogP contribution >= 0.6 is 0 Å². The Balaban J connectivity index is 2.11. The van der Waals surface area contributed by atoms with Gasteiger partial charge in [-0.05, 0) is 23.6 Å². The molecule has 2 N–H and O–H groups in total. The maximum Gasteiger partial charge on any atom is 0.136 e. The maximum atomic E-state index is 9.59. The van der Waals surface area contributed by atoms with Crippen molar-refractivity contribution in [3.05, 3.63) is 30.5 Å². The third-order valence-electron chi connectivity index (χ3n) is 3.37. The molecule has 1 saturated heterocycles. The molecule has 0 saturated carbocycles. The van der Waals surface area contributed by atoms with E-state index < -0.39 is 0 Å². The zero-order chi connectivity index (χ0) is 11.8. The summed E-state index contributed by atoms with van der Waals surface area (Å²) in [6.45, 7) is 1.99. The van der Waals surface area contributed by atoms with E-state index in [0.717, 1.165) is 29.7 Å². The van der Waals surface area contributed by atoms with Gasteiger partial charge in [0.1, 0.15) is 11.6 Å². The van der Waals surface area contributed by atoms with Crippen molar-refractivity contribution in [1.82, 2.24) is 10.3 Å². The highest BCUT2D eigenvalue weighted by Crippen LogP contribution is 2.28. The van der Waals surface area contributed by atoms with E-state index in [4.69, 9.17) is 0 Å². The molecule has 0 aliphatic carbocycles. The Morgan fingerprint density at radius 1 is 1.35 bits per heavy atom. The van der Waals surface area contributed by atoms with Crippen LogP contribution in [0, 0.1) is 0 Å². The first-order chi connectivity index (χ1) is 8.25.